The van der Waals surface area contributed by atoms with E-state index in [1.54, 1.807) is 18.3 Å². The van der Waals surface area contributed by atoms with Crippen LogP contribution in [-0.2, 0) is 0 Å². The highest BCUT2D eigenvalue weighted by atomic mass is 79.9. The van der Waals surface area contributed by atoms with Gasteiger partial charge in [0.15, 0.2) is 5.76 Å². The number of hydrogen-bond acceptors (Lipinski definition) is 4. The van der Waals surface area contributed by atoms with Gasteiger partial charge in [-0.3, -0.25) is 9.78 Å². The Morgan fingerprint density at radius 1 is 1.30 bits per heavy atom. The van der Waals surface area contributed by atoms with Gasteiger partial charge in [0.05, 0.1) is 17.8 Å². The number of nitrogens with zero attached hydrogens (tertiary/aromatic N) is 1. The number of hydrogen-bond donors (Lipinski definition) is 0. The first-order valence-electron chi connectivity index (χ1n) is 5.91. The summed E-state index contributed by atoms with van der Waals surface area (Å²) in [6, 6.07) is 9.01. The van der Waals surface area contributed by atoms with Crippen LogP contribution in [0.25, 0.3) is 11.0 Å². The van der Waals surface area contributed by atoms with E-state index in [9.17, 15) is 4.79 Å². The Morgan fingerprint density at radius 3 is 2.90 bits per heavy atom. The van der Waals surface area contributed by atoms with Crippen molar-refractivity contribution < 1.29 is 13.9 Å². The molecular formula is C15H10BrNO3. The number of ether oxygens (including phenoxy) is 1. The summed E-state index contributed by atoms with van der Waals surface area (Å²) in [5, 5.41) is 0.874. The standard InChI is InChI=1S/C15H10BrNO3/c1-19-11-5-10(7-17-8-11)14(18)13-6-9-3-2-4-12(16)15(9)20-13/h2-8H,1H3. The molecule has 0 atom stereocenters. The molecule has 0 saturated carbocycles. The normalized spacial score (nSPS) is 10.7. The molecule has 2 aromatic heterocycles. The number of aromatic nitrogens is 1. The van der Waals surface area contributed by atoms with Gasteiger partial charge in [0.2, 0.25) is 5.78 Å². The molecule has 0 unspecified atom stereocenters. The number of methoxy groups -OCH3 is 1. The zero-order valence-corrected chi connectivity index (χ0v) is 12.2. The first-order chi connectivity index (χ1) is 9.69. The predicted octanol–water partition coefficient (Wildman–Crippen LogP) is 3.83. The van der Waals surface area contributed by atoms with Crippen LogP contribution < -0.4 is 4.74 Å². The molecule has 0 saturated heterocycles. The lowest BCUT2D eigenvalue weighted by Crippen LogP contribution is -2.00. The number of halogens is 1. The van der Waals surface area contributed by atoms with Gasteiger partial charge in [0.25, 0.3) is 0 Å². The van der Waals surface area contributed by atoms with E-state index >= 15 is 0 Å². The average Bonchev–Trinajstić information content (AvgIpc) is 2.92. The van der Waals surface area contributed by atoms with Crippen molar-refractivity contribution in [1.29, 1.82) is 0 Å². The van der Waals surface area contributed by atoms with Crippen LogP contribution in [0.2, 0.25) is 0 Å². The van der Waals surface area contributed by atoms with E-state index in [1.165, 1.54) is 13.3 Å². The van der Waals surface area contributed by atoms with Gasteiger partial charge in [0, 0.05) is 17.1 Å². The van der Waals surface area contributed by atoms with Crippen LogP contribution in [-0.4, -0.2) is 17.9 Å². The van der Waals surface area contributed by atoms with Crippen LogP contribution in [0, 0.1) is 0 Å². The quantitative estimate of drug-likeness (QED) is 0.684. The SMILES string of the molecule is COc1cncc(C(=O)c2cc3cccc(Br)c3o2)c1. The van der Waals surface area contributed by atoms with Crippen molar-refractivity contribution >= 4 is 32.7 Å². The summed E-state index contributed by atoms with van der Waals surface area (Å²) in [7, 11) is 1.53. The molecular weight excluding hydrogens is 322 g/mol. The van der Waals surface area contributed by atoms with Crippen LogP contribution in [0.4, 0.5) is 0 Å². The number of ketones is 1. The number of carbonyl (C=O) groups is 1. The molecule has 0 bridgehead atoms. The lowest BCUT2D eigenvalue weighted by atomic mass is 10.1. The number of para-hydroxylation sites is 1. The molecule has 0 aliphatic carbocycles. The third-order valence-corrected chi connectivity index (χ3v) is 3.56. The van der Waals surface area contributed by atoms with Gasteiger partial charge in [-0.1, -0.05) is 12.1 Å². The second kappa shape index (κ2) is 5.09. The van der Waals surface area contributed by atoms with Crippen molar-refractivity contribution in [3.63, 3.8) is 0 Å². The van der Waals surface area contributed by atoms with Crippen molar-refractivity contribution in [1.82, 2.24) is 4.98 Å². The van der Waals surface area contributed by atoms with E-state index in [-0.39, 0.29) is 11.5 Å². The Kier molecular flexibility index (Phi) is 3.28. The van der Waals surface area contributed by atoms with E-state index < -0.39 is 0 Å². The zero-order chi connectivity index (χ0) is 14.1. The molecule has 100 valence electrons. The molecule has 4 nitrogen and oxygen atoms in total. The highest BCUT2D eigenvalue weighted by molar-refractivity contribution is 9.10. The van der Waals surface area contributed by atoms with Crippen LogP contribution in [0.3, 0.4) is 0 Å². The van der Waals surface area contributed by atoms with Gasteiger partial charge in [-0.2, -0.15) is 0 Å². The Balaban J connectivity index is 2.05. The molecule has 0 N–H and O–H groups in total. The number of carbonyl (C=O) groups excluding carboxylic acids is 1. The maximum absolute atomic E-state index is 12.4. The third-order valence-electron chi connectivity index (χ3n) is 2.93. The van der Waals surface area contributed by atoms with Crippen molar-refractivity contribution in [3.05, 3.63) is 58.5 Å². The van der Waals surface area contributed by atoms with Crippen LogP contribution in [0.5, 0.6) is 5.75 Å². The minimum absolute atomic E-state index is 0.223. The van der Waals surface area contributed by atoms with E-state index in [1.807, 2.05) is 18.2 Å². The fourth-order valence-electron chi connectivity index (χ4n) is 1.94. The van der Waals surface area contributed by atoms with E-state index in [2.05, 4.69) is 20.9 Å². The summed E-state index contributed by atoms with van der Waals surface area (Å²) in [6.07, 6.45) is 3.04. The monoisotopic (exact) mass is 331 g/mol. The molecule has 0 fully saturated rings. The Bertz CT molecular complexity index is 795. The molecule has 2 heterocycles. The molecule has 1 aromatic carbocycles. The molecule has 3 aromatic rings. The van der Waals surface area contributed by atoms with Gasteiger partial charge in [-0.25, -0.2) is 0 Å². The van der Waals surface area contributed by atoms with Crippen molar-refractivity contribution in [3.8, 4) is 5.75 Å². The highest BCUT2D eigenvalue weighted by Gasteiger charge is 2.16. The highest BCUT2D eigenvalue weighted by Crippen LogP contribution is 2.28. The lowest BCUT2D eigenvalue weighted by Gasteiger charge is -2.01. The Hall–Kier alpha value is -2.14. The number of furan rings is 1. The van der Waals surface area contributed by atoms with E-state index in [0.717, 1.165) is 9.86 Å². The predicted molar refractivity (Wildman–Crippen MR) is 78.1 cm³/mol. The smallest absolute Gasteiger partial charge is 0.229 e. The van der Waals surface area contributed by atoms with Crippen molar-refractivity contribution in [2.45, 2.75) is 0 Å². The fraction of sp³-hybridized carbons (Fsp3) is 0.0667. The molecule has 0 amide bonds. The largest absolute Gasteiger partial charge is 0.495 e. The van der Waals surface area contributed by atoms with Gasteiger partial charge in [-0.05, 0) is 34.1 Å². The number of rotatable bonds is 3. The first-order valence-corrected chi connectivity index (χ1v) is 6.70. The minimum Gasteiger partial charge on any atom is -0.495 e. The van der Waals surface area contributed by atoms with Gasteiger partial charge >= 0.3 is 0 Å². The lowest BCUT2D eigenvalue weighted by molar-refractivity contribution is 0.101. The van der Waals surface area contributed by atoms with E-state index in [0.29, 0.717) is 16.9 Å². The summed E-state index contributed by atoms with van der Waals surface area (Å²) in [4.78, 5) is 16.4. The molecule has 0 spiro atoms. The summed E-state index contributed by atoms with van der Waals surface area (Å²) in [5.41, 5.74) is 1.09. The fourth-order valence-corrected chi connectivity index (χ4v) is 2.40. The molecule has 0 aliphatic rings. The topological polar surface area (TPSA) is 52.3 Å². The third kappa shape index (κ3) is 2.20. The zero-order valence-electron chi connectivity index (χ0n) is 10.6. The summed E-state index contributed by atoms with van der Waals surface area (Å²) in [6.45, 7) is 0. The maximum Gasteiger partial charge on any atom is 0.229 e. The number of pyridine rings is 1. The molecule has 3 rings (SSSR count). The molecule has 5 heteroatoms. The second-order valence-electron chi connectivity index (χ2n) is 4.21. The summed E-state index contributed by atoms with van der Waals surface area (Å²) in [5.74, 6) is 0.592. The van der Waals surface area contributed by atoms with Crippen LogP contribution in [0.15, 0.2) is 51.6 Å². The van der Waals surface area contributed by atoms with Gasteiger partial charge in [-0.15, -0.1) is 0 Å². The van der Waals surface area contributed by atoms with Crippen molar-refractivity contribution in [2.24, 2.45) is 0 Å². The minimum atomic E-state index is -0.223. The maximum atomic E-state index is 12.4. The van der Waals surface area contributed by atoms with Crippen molar-refractivity contribution in [2.75, 3.05) is 7.11 Å². The van der Waals surface area contributed by atoms with E-state index in [4.69, 9.17) is 9.15 Å². The Morgan fingerprint density at radius 2 is 2.15 bits per heavy atom. The number of benzene rings is 1. The molecule has 0 radical (unpaired) electrons. The van der Waals surface area contributed by atoms with Gasteiger partial charge < -0.3 is 9.15 Å². The van der Waals surface area contributed by atoms with Gasteiger partial charge in [0.1, 0.15) is 11.3 Å². The average molecular weight is 332 g/mol. The molecule has 0 aliphatic heterocycles. The number of fused-ring (bicyclic) bond motifs is 1. The molecule has 20 heavy (non-hydrogen) atoms. The first kappa shape index (κ1) is 12.9. The summed E-state index contributed by atoms with van der Waals surface area (Å²) < 4.78 is 11.5. The second-order valence-corrected chi connectivity index (χ2v) is 5.07. The Labute approximate surface area is 123 Å². The van der Waals surface area contributed by atoms with Crippen LogP contribution in [0.1, 0.15) is 16.1 Å². The summed E-state index contributed by atoms with van der Waals surface area (Å²) >= 11 is 3.40. The van der Waals surface area contributed by atoms with Crippen LogP contribution >= 0.6 is 15.9 Å².